The third-order valence-electron chi connectivity index (χ3n) is 14.4. The maximum absolute atomic E-state index is 13.6. The lowest BCUT2D eigenvalue weighted by atomic mass is 9.57. The Morgan fingerprint density at radius 2 is 1.66 bits per heavy atom. The first-order chi connectivity index (χ1) is 30.4. The fourth-order valence-electron chi connectivity index (χ4n) is 10.9. The van der Waals surface area contributed by atoms with Crippen LogP contribution >= 0.6 is 0 Å². The Hall–Kier alpha value is -5.68. The quantitative estimate of drug-likeness (QED) is 0.119. The molecular formula is C47H53F3N8O6. The molecule has 338 valence electrons. The molecule has 1 unspecified atom stereocenters. The molecule has 2 aromatic carbocycles. The van der Waals surface area contributed by atoms with Crippen LogP contribution in [0.15, 0.2) is 54.7 Å². The molecule has 17 heteroatoms. The fraction of sp³-hybridized carbons (Fsp3) is 0.511. The van der Waals surface area contributed by atoms with E-state index in [9.17, 15) is 42.3 Å². The van der Waals surface area contributed by atoms with Crippen molar-refractivity contribution in [1.82, 2.24) is 29.9 Å². The number of aromatic nitrogens is 3. The maximum Gasteiger partial charge on any atom is 0.433 e. The molecule has 3 saturated carbocycles. The summed E-state index contributed by atoms with van der Waals surface area (Å²) in [6, 6.07) is 11.6. The van der Waals surface area contributed by atoms with E-state index in [0.29, 0.717) is 34.3 Å². The van der Waals surface area contributed by atoms with Crippen LogP contribution in [0.2, 0.25) is 0 Å². The standard InChI is InChI=1S/C47H53F3N8O6/c1-45(2,64)32-21-35-27(20-36(32)53-41(60)34-8-5-9-38(52-34)47(48,49)50)25-57(55-35)30-12-10-26(11-13-30)24-56(3)29-16-18-46(19-17-29)22-28(23-46)51-33-7-4-6-31-40(33)44(63)58(43(31)62)37-14-15-39(59)54-42(37)61/h4-9,20-21,25-26,28-30,37,51,64H,10-19,22-24H2,1-3H3,(H,53,60)(H,54,59,61)/t26-,28?,29?,30-,37?,46?. The Bertz CT molecular complexity index is 2530. The first-order valence-electron chi connectivity index (χ1n) is 22.3. The van der Waals surface area contributed by atoms with E-state index in [-0.39, 0.29) is 47.3 Å². The molecule has 2 aliphatic heterocycles. The van der Waals surface area contributed by atoms with Crippen LogP contribution in [0.1, 0.15) is 139 Å². The first kappa shape index (κ1) is 43.6. The molecule has 5 amide bonds. The summed E-state index contributed by atoms with van der Waals surface area (Å²) < 4.78 is 41.8. The molecule has 0 bridgehead atoms. The van der Waals surface area contributed by atoms with E-state index in [1.54, 1.807) is 38.1 Å². The molecule has 4 N–H and O–H groups in total. The summed E-state index contributed by atoms with van der Waals surface area (Å²) in [5.74, 6) is -2.29. The van der Waals surface area contributed by atoms with E-state index < -0.39 is 53.0 Å². The van der Waals surface area contributed by atoms with Crippen LogP contribution < -0.4 is 16.0 Å². The van der Waals surface area contributed by atoms with Crippen molar-refractivity contribution >= 4 is 51.8 Å². The average molecular weight is 883 g/mol. The number of carbonyl (C=O) groups excluding carboxylic acids is 5. The number of fused-ring (bicyclic) bond motifs is 2. The van der Waals surface area contributed by atoms with Crippen molar-refractivity contribution in [2.45, 2.75) is 127 Å². The van der Waals surface area contributed by atoms with Crippen LogP contribution in [0.4, 0.5) is 24.5 Å². The van der Waals surface area contributed by atoms with Gasteiger partial charge < -0.3 is 20.6 Å². The van der Waals surface area contributed by atoms with Gasteiger partial charge in [-0.25, -0.2) is 4.98 Å². The highest BCUT2D eigenvalue weighted by Gasteiger charge is 2.49. The van der Waals surface area contributed by atoms with Crippen molar-refractivity contribution in [3.8, 4) is 0 Å². The number of imide groups is 2. The normalized spacial score (nSPS) is 26.3. The van der Waals surface area contributed by atoms with Crippen LogP contribution in [0.5, 0.6) is 0 Å². The van der Waals surface area contributed by atoms with Crippen molar-refractivity contribution in [3.63, 3.8) is 0 Å². The van der Waals surface area contributed by atoms with Gasteiger partial charge in [0.25, 0.3) is 17.7 Å². The van der Waals surface area contributed by atoms with Gasteiger partial charge in [-0.15, -0.1) is 0 Å². The van der Waals surface area contributed by atoms with E-state index in [0.717, 1.165) is 93.2 Å². The average Bonchev–Trinajstić information content (AvgIpc) is 3.77. The minimum atomic E-state index is -4.70. The van der Waals surface area contributed by atoms with E-state index in [4.69, 9.17) is 5.10 Å². The summed E-state index contributed by atoms with van der Waals surface area (Å²) in [5.41, 5.74) is -0.192. The third kappa shape index (κ3) is 8.39. The summed E-state index contributed by atoms with van der Waals surface area (Å²) in [4.78, 5) is 71.3. The summed E-state index contributed by atoms with van der Waals surface area (Å²) in [7, 11) is 2.24. The lowest BCUT2D eigenvalue weighted by molar-refractivity contribution is -0.141. The summed E-state index contributed by atoms with van der Waals surface area (Å²) in [6.45, 7) is 4.17. The molecule has 4 heterocycles. The number of hydrogen-bond donors (Lipinski definition) is 4. The number of hydrogen-bond acceptors (Lipinski definition) is 10. The van der Waals surface area contributed by atoms with Gasteiger partial charge in [0.1, 0.15) is 17.4 Å². The van der Waals surface area contributed by atoms with Crippen molar-refractivity contribution in [3.05, 3.63) is 82.8 Å². The molecule has 5 aliphatic rings. The second-order valence-corrected chi connectivity index (χ2v) is 19.3. The summed E-state index contributed by atoms with van der Waals surface area (Å²) in [5, 5.41) is 25.1. The zero-order valence-corrected chi connectivity index (χ0v) is 36.1. The number of nitrogens with one attached hydrogen (secondary N) is 3. The maximum atomic E-state index is 13.6. The highest BCUT2D eigenvalue weighted by atomic mass is 19.4. The number of pyridine rings is 1. The number of halogens is 3. The van der Waals surface area contributed by atoms with Crippen LogP contribution in [0, 0.1) is 11.3 Å². The minimum absolute atomic E-state index is 0.0751. The van der Waals surface area contributed by atoms with Gasteiger partial charge in [0.2, 0.25) is 11.8 Å². The van der Waals surface area contributed by atoms with E-state index >= 15 is 0 Å². The lowest BCUT2D eigenvalue weighted by Crippen LogP contribution is -2.54. The van der Waals surface area contributed by atoms with Gasteiger partial charge in [-0.3, -0.25) is 38.9 Å². The van der Waals surface area contributed by atoms with Crippen molar-refractivity contribution in [2.75, 3.05) is 24.2 Å². The number of benzene rings is 2. The van der Waals surface area contributed by atoms with E-state index in [1.807, 2.05) is 16.9 Å². The molecule has 4 fully saturated rings. The number of amides is 5. The Morgan fingerprint density at radius 1 is 0.938 bits per heavy atom. The summed E-state index contributed by atoms with van der Waals surface area (Å²) in [6.07, 6.45) is 7.94. The van der Waals surface area contributed by atoms with Crippen LogP contribution in [0.25, 0.3) is 10.9 Å². The second kappa shape index (κ2) is 16.4. The molecule has 0 radical (unpaired) electrons. The van der Waals surface area contributed by atoms with Crippen molar-refractivity contribution < 1.29 is 42.3 Å². The molecule has 2 aromatic heterocycles. The van der Waals surface area contributed by atoms with Gasteiger partial charge in [0.05, 0.1) is 28.3 Å². The Balaban J connectivity index is 0.759. The Labute approximate surface area is 368 Å². The van der Waals surface area contributed by atoms with Gasteiger partial charge in [-0.2, -0.15) is 18.3 Å². The monoisotopic (exact) mass is 882 g/mol. The number of carbonyl (C=O) groups is 5. The van der Waals surface area contributed by atoms with Crippen LogP contribution in [-0.4, -0.2) is 90.9 Å². The number of rotatable bonds is 10. The van der Waals surface area contributed by atoms with Gasteiger partial charge in [-0.1, -0.05) is 12.1 Å². The Morgan fingerprint density at radius 3 is 2.34 bits per heavy atom. The molecule has 4 aromatic rings. The lowest BCUT2D eigenvalue weighted by Gasteiger charge is -2.53. The molecule has 1 atom stereocenters. The smallest absolute Gasteiger partial charge is 0.386 e. The zero-order valence-electron chi connectivity index (χ0n) is 36.1. The predicted octanol–water partition coefficient (Wildman–Crippen LogP) is 7.20. The predicted molar refractivity (Wildman–Crippen MR) is 230 cm³/mol. The molecule has 14 nitrogen and oxygen atoms in total. The van der Waals surface area contributed by atoms with Crippen molar-refractivity contribution in [2.24, 2.45) is 11.3 Å². The topological polar surface area (TPSA) is 179 Å². The molecule has 3 aliphatic carbocycles. The fourth-order valence-corrected chi connectivity index (χ4v) is 10.9. The highest BCUT2D eigenvalue weighted by molar-refractivity contribution is 6.25. The third-order valence-corrected chi connectivity index (χ3v) is 14.4. The summed E-state index contributed by atoms with van der Waals surface area (Å²) >= 11 is 0. The number of aliphatic hydroxyl groups is 1. The number of piperidine rings is 1. The molecule has 9 rings (SSSR count). The van der Waals surface area contributed by atoms with Crippen LogP contribution in [0.3, 0.4) is 0 Å². The van der Waals surface area contributed by atoms with E-state index in [1.165, 1.54) is 6.07 Å². The van der Waals surface area contributed by atoms with Crippen LogP contribution in [-0.2, 0) is 21.4 Å². The Kier molecular flexibility index (Phi) is 11.2. The molecule has 1 spiro atoms. The minimum Gasteiger partial charge on any atom is -0.386 e. The molecular weight excluding hydrogens is 830 g/mol. The first-order valence-corrected chi connectivity index (χ1v) is 22.3. The number of alkyl halides is 3. The molecule has 64 heavy (non-hydrogen) atoms. The van der Waals surface area contributed by atoms with Gasteiger partial charge in [0.15, 0.2) is 0 Å². The highest BCUT2D eigenvalue weighted by Crippen LogP contribution is 2.53. The zero-order chi connectivity index (χ0) is 45.3. The molecule has 1 saturated heterocycles. The van der Waals surface area contributed by atoms with Crippen molar-refractivity contribution in [1.29, 1.82) is 0 Å². The van der Waals surface area contributed by atoms with Gasteiger partial charge in [-0.05, 0) is 139 Å². The number of anilines is 2. The SMILES string of the molecule is CN(C[C@H]1CC[C@H](n2cc3cc(NC(=O)c4cccc(C(F)(F)F)n4)c(C(C)(C)O)cc3n2)CC1)C1CCC2(CC1)CC(Nc1cccc3c1C(=O)N(C1CCC(=O)NC1=O)C3=O)C2. The van der Waals surface area contributed by atoms with E-state index in [2.05, 4.69) is 32.9 Å². The van der Waals surface area contributed by atoms with Gasteiger partial charge >= 0.3 is 6.18 Å². The second-order valence-electron chi connectivity index (χ2n) is 19.3. The largest absolute Gasteiger partial charge is 0.433 e. The van der Waals surface area contributed by atoms with Gasteiger partial charge in [0, 0.05) is 53.6 Å². The number of nitrogens with zero attached hydrogens (tertiary/aromatic N) is 5.